The third-order valence-corrected chi connectivity index (χ3v) is 3.73. The average molecular weight is 299 g/mol. The summed E-state index contributed by atoms with van der Waals surface area (Å²) in [5, 5.41) is 6.65. The molecule has 0 saturated carbocycles. The summed E-state index contributed by atoms with van der Waals surface area (Å²) in [7, 11) is 0. The minimum atomic E-state index is -0.531. The summed E-state index contributed by atoms with van der Waals surface area (Å²) in [6.07, 6.45) is 1.35. The SMILES string of the molecule is O=C1C[C@H](c2cccc(F)c2)c2c(n3ncnc3[nH]c2=O)N1. The highest BCUT2D eigenvalue weighted by molar-refractivity contribution is 5.94. The molecule has 2 aromatic heterocycles. The van der Waals surface area contributed by atoms with E-state index in [0.29, 0.717) is 11.1 Å². The molecule has 1 amide bonds. The molecule has 8 heteroatoms. The Balaban J connectivity index is 2.01. The average Bonchev–Trinajstić information content (AvgIpc) is 2.94. The first-order valence-electron chi connectivity index (χ1n) is 6.64. The molecule has 0 radical (unpaired) electrons. The van der Waals surface area contributed by atoms with E-state index in [4.69, 9.17) is 0 Å². The van der Waals surface area contributed by atoms with Crippen molar-refractivity contribution in [1.82, 2.24) is 19.6 Å². The molecular formula is C14H10FN5O2. The van der Waals surface area contributed by atoms with Crippen LogP contribution in [0.3, 0.4) is 0 Å². The van der Waals surface area contributed by atoms with Crippen LogP contribution >= 0.6 is 0 Å². The van der Waals surface area contributed by atoms with Crippen LogP contribution in [0, 0.1) is 5.82 Å². The number of aromatic amines is 1. The van der Waals surface area contributed by atoms with Gasteiger partial charge in [-0.05, 0) is 17.7 Å². The standard InChI is InChI=1S/C14H10FN5O2/c15-8-3-1-2-7(4-8)9-5-10(21)18-12-11(9)13(22)19-14-16-6-17-20(12)14/h1-4,6,9H,5H2,(H,18,21)(H,16,17,19,22)/t9-/m1/s1. The summed E-state index contributed by atoms with van der Waals surface area (Å²) in [4.78, 5) is 30.9. The smallest absolute Gasteiger partial charge is 0.258 e. The van der Waals surface area contributed by atoms with Crippen molar-refractivity contribution < 1.29 is 9.18 Å². The maximum absolute atomic E-state index is 13.5. The van der Waals surface area contributed by atoms with E-state index in [9.17, 15) is 14.0 Å². The summed E-state index contributed by atoms with van der Waals surface area (Å²) in [5.74, 6) is -0.685. The van der Waals surface area contributed by atoms with Crippen molar-refractivity contribution in [1.29, 1.82) is 0 Å². The zero-order valence-corrected chi connectivity index (χ0v) is 11.2. The largest absolute Gasteiger partial charge is 0.310 e. The molecule has 0 aliphatic carbocycles. The van der Waals surface area contributed by atoms with Gasteiger partial charge in [0.1, 0.15) is 18.0 Å². The fourth-order valence-corrected chi connectivity index (χ4v) is 2.80. The Hall–Kier alpha value is -3.03. The van der Waals surface area contributed by atoms with Crippen LogP contribution in [0.2, 0.25) is 0 Å². The lowest BCUT2D eigenvalue weighted by atomic mass is 9.87. The predicted octanol–water partition coefficient (Wildman–Crippen LogP) is 1.03. The van der Waals surface area contributed by atoms with Crippen molar-refractivity contribution in [2.24, 2.45) is 0 Å². The van der Waals surface area contributed by atoms with Crippen molar-refractivity contribution >= 4 is 17.5 Å². The molecule has 1 aliphatic rings. The summed E-state index contributed by atoms with van der Waals surface area (Å²) >= 11 is 0. The van der Waals surface area contributed by atoms with E-state index in [0.717, 1.165) is 0 Å². The van der Waals surface area contributed by atoms with Gasteiger partial charge in [0, 0.05) is 12.3 Å². The minimum Gasteiger partial charge on any atom is -0.310 e. The number of carbonyl (C=O) groups excluding carboxylic acids is 1. The number of halogens is 1. The lowest BCUT2D eigenvalue weighted by Gasteiger charge is -2.25. The Morgan fingerprint density at radius 3 is 3.00 bits per heavy atom. The van der Waals surface area contributed by atoms with Crippen molar-refractivity contribution in [3.05, 3.63) is 57.9 Å². The summed E-state index contributed by atoms with van der Waals surface area (Å²) in [5.41, 5.74) is 0.550. The number of nitrogens with zero attached hydrogens (tertiary/aromatic N) is 3. The van der Waals surface area contributed by atoms with Crippen LogP contribution in [0.5, 0.6) is 0 Å². The van der Waals surface area contributed by atoms with Gasteiger partial charge >= 0.3 is 0 Å². The van der Waals surface area contributed by atoms with E-state index in [-0.39, 0.29) is 29.5 Å². The third-order valence-electron chi connectivity index (χ3n) is 3.73. The second kappa shape index (κ2) is 4.48. The van der Waals surface area contributed by atoms with Crippen LogP contribution in [-0.2, 0) is 4.79 Å². The molecule has 7 nitrogen and oxygen atoms in total. The van der Waals surface area contributed by atoms with Gasteiger partial charge in [-0.25, -0.2) is 4.39 Å². The van der Waals surface area contributed by atoms with Crippen LogP contribution < -0.4 is 10.9 Å². The quantitative estimate of drug-likeness (QED) is 0.702. The molecule has 2 N–H and O–H groups in total. The molecule has 1 aromatic carbocycles. The van der Waals surface area contributed by atoms with Gasteiger partial charge in [-0.2, -0.15) is 14.6 Å². The maximum Gasteiger partial charge on any atom is 0.258 e. The van der Waals surface area contributed by atoms with Crippen LogP contribution in [-0.4, -0.2) is 25.5 Å². The highest BCUT2D eigenvalue weighted by atomic mass is 19.1. The number of amides is 1. The second-order valence-electron chi connectivity index (χ2n) is 5.07. The lowest BCUT2D eigenvalue weighted by molar-refractivity contribution is -0.116. The van der Waals surface area contributed by atoms with Crippen molar-refractivity contribution in [2.75, 3.05) is 5.32 Å². The first kappa shape index (κ1) is 12.7. The molecular weight excluding hydrogens is 289 g/mol. The van der Waals surface area contributed by atoms with Crippen molar-refractivity contribution in [2.45, 2.75) is 12.3 Å². The van der Waals surface area contributed by atoms with Gasteiger partial charge in [-0.15, -0.1) is 0 Å². The number of benzene rings is 1. The number of hydrogen-bond acceptors (Lipinski definition) is 4. The van der Waals surface area contributed by atoms with Crippen molar-refractivity contribution in [3.63, 3.8) is 0 Å². The van der Waals surface area contributed by atoms with Gasteiger partial charge in [-0.3, -0.25) is 14.6 Å². The van der Waals surface area contributed by atoms with Crippen LogP contribution in [0.1, 0.15) is 23.5 Å². The number of rotatable bonds is 1. The molecule has 0 bridgehead atoms. The molecule has 3 heterocycles. The second-order valence-corrected chi connectivity index (χ2v) is 5.07. The van der Waals surface area contributed by atoms with E-state index in [1.165, 1.54) is 23.0 Å². The Bertz CT molecular complexity index is 961. The van der Waals surface area contributed by atoms with E-state index < -0.39 is 11.7 Å². The van der Waals surface area contributed by atoms with E-state index in [1.807, 2.05) is 0 Å². The van der Waals surface area contributed by atoms with Gasteiger partial charge in [0.15, 0.2) is 0 Å². The third kappa shape index (κ3) is 1.80. The molecule has 110 valence electrons. The highest BCUT2D eigenvalue weighted by Crippen LogP contribution is 2.34. The van der Waals surface area contributed by atoms with Gasteiger partial charge in [0.05, 0.1) is 5.56 Å². The Kier molecular flexibility index (Phi) is 2.59. The molecule has 22 heavy (non-hydrogen) atoms. The fourth-order valence-electron chi connectivity index (χ4n) is 2.80. The zero-order valence-electron chi connectivity index (χ0n) is 11.2. The number of fused-ring (bicyclic) bond motifs is 3. The van der Waals surface area contributed by atoms with Gasteiger partial charge in [0.2, 0.25) is 11.7 Å². The van der Waals surface area contributed by atoms with Crippen LogP contribution in [0.15, 0.2) is 35.4 Å². The van der Waals surface area contributed by atoms with E-state index in [1.54, 1.807) is 12.1 Å². The van der Waals surface area contributed by atoms with Gasteiger partial charge in [0.25, 0.3) is 5.56 Å². The van der Waals surface area contributed by atoms with E-state index >= 15 is 0 Å². The molecule has 0 saturated heterocycles. The first-order chi connectivity index (χ1) is 10.6. The molecule has 1 atom stereocenters. The number of carbonyl (C=O) groups is 1. The Morgan fingerprint density at radius 2 is 2.18 bits per heavy atom. The van der Waals surface area contributed by atoms with Gasteiger partial charge < -0.3 is 5.32 Å². The van der Waals surface area contributed by atoms with Crippen molar-refractivity contribution in [3.8, 4) is 0 Å². The maximum atomic E-state index is 13.5. The minimum absolute atomic E-state index is 0.0692. The lowest BCUT2D eigenvalue weighted by Crippen LogP contribution is -2.32. The number of anilines is 1. The topological polar surface area (TPSA) is 92.2 Å². The molecule has 0 unspecified atom stereocenters. The molecule has 1 aliphatic heterocycles. The molecule has 0 fully saturated rings. The normalized spacial score (nSPS) is 17.3. The fraction of sp³-hybridized carbons (Fsp3) is 0.143. The zero-order chi connectivity index (χ0) is 15.3. The van der Waals surface area contributed by atoms with Gasteiger partial charge in [-0.1, -0.05) is 12.1 Å². The van der Waals surface area contributed by atoms with E-state index in [2.05, 4.69) is 20.4 Å². The summed E-state index contributed by atoms with van der Waals surface area (Å²) in [6, 6.07) is 5.90. The first-order valence-corrected chi connectivity index (χ1v) is 6.64. The number of aromatic nitrogens is 4. The predicted molar refractivity (Wildman–Crippen MR) is 75.1 cm³/mol. The molecule has 4 rings (SSSR count). The van der Waals surface area contributed by atoms with Crippen LogP contribution in [0.4, 0.5) is 10.2 Å². The summed E-state index contributed by atoms with van der Waals surface area (Å²) < 4.78 is 14.8. The molecule has 3 aromatic rings. The Labute approximate surface area is 122 Å². The number of hydrogen-bond donors (Lipinski definition) is 2. The van der Waals surface area contributed by atoms with Crippen LogP contribution in [0.25, 0.3) is 5.78 Å². The summed E-state index contributed by atoms with van der Waals surface area (Å²) in [6.45, 7) is 0. The Morgan fingerprint density at radius 1 is 1.32 bits per heavy atom. The molecule has 0 spiro atoms. The number of H-pyrrole nitrogens is 1. The monoisotopic (exact) mass is 299 g/mol. The highest BCUT2D eigenvalue weighted by Gasteiger charge is 2.31. The number of nitrogens with one attached hydrogen (secondary N) is 2.